The Bertz CT molecular complexity index is 1260. The highest BCUT2D eigenvalue weighted by molar-refractivity contribution is 7.98. The molecule has 8 atom stereocenters. The predicted octanol–water partition coefficient (Wildman–Crippen LogP) is -3.30. The second-order valence-electron chi connectivity index (χ2n) is 12.8. The molecule has 6 amide bonds. The number of hydrogen-bond acceptors (Lipinski definition) is 11. The molecule has 0 bridgehead atoms. The molecular weight excluding hydrogens is 688 g/mol. The molecule has 0 aromatic heterocycles. The standard InChI is InChI=1S/C31H56N10O9S/c1-15(2)22(28(47)38-20(30(49)50)11-14-51-6)39-25(44)17(4)36-24(43)16(3)37-27(46)21-10-8-13-41(21)29(48)23(18(5)42)40-26(45)19(32)9-7-12-35-31(33)34/h15-23,42H,7-14,32H2,1-6H3,(H,36,43)(H,37,46)(H,38,47)(H,39,44)(H,40,45)(H,49,50)(H4,33,34,35)/t16-,17-,18+,19-,20-,21-,22-,23-/m0/s1. The van der Waals surface area contributed by atoms with E-state index < -0.39 is 95.7 Å². The second kappa shape index (κ2) is 21.9. The minimum Gasteiger partial charge on any atom is -0.480 e. The maximum Gasteiger partial charge on any atom is 0.326 e. The lowest BCUT2D eigenvalue weighted by Gasteiger charge is -2.31. The summed E-state index contributed by atoms with van der Waals surface area (Å²) in [5.41, 5.74) is 16.5. The third-order valence-electron chi connectivity index (χ3n) is 8.17. The predicted molar refractivity (Wildman–Crippen MR) is 191 cm³/mol. The van der Waals surface area contributed by atoms with E-state index in [1.54, 1.807) is 13.8 Å². The maximum absolute atomic E-state index is 13.5. The van der Waals surface area contributed by atoms with Crippen molar-refractivity contribution in [3.63, 3.8) is 0 Å². The zero-order valence-electron chi connectivity index (χ0n) is 30.1. The quantitative estimate of drug-likeness (QED) is 0.0313. The number of aliphatic carboxylic acids is 1. The average Bonchev–Trinajstić information content (AvgIpc) is 3.55. The number of likely N-dealkylation sites (tertiary alicyclic amines) is 1. The largest absolute Gasteiger partial charge is 0.480 e. The van der Waals surface area contributed by atoms with Crippen LogP contribution >= 0.6 is 11.8 Å². The van der Waals surface area contributed by atoms with E-state index in [9.17, 15) is 43.8 Å². The fraction of sp³-hybridized carbons (Fsp3) is 0.742. The van der Waals surface area contributed by atoms with Gasteiger partial charge in [0.25, 0.3) is 0 Å². The van der Waals surface area contributed by atoms with Crippen LogP contribution in [-0.2, 0) is 33.6 Å². The molecule has 20 heteroatoms. The normalized spacial score (nSPS) is 18.2. The first-order valence-electron chi connectivity index (χ1n) is 16.8. The number of carboxylic acids is 1. The van der Waals surface area contributed by atoms with Gasteiger partial charge in [0.1, 0.15) is 36.3 Å². The van der Waals surface area contributed by atoms with Gasteiger partial charge in [0.15, 0.2) is 5.96 Å². The van der Waals surface area contributed by atoms with Crippen LogP contribution in [0.25, 0.3) is 0 Å². The van der Waals surface area contributed by atoms with Crippen LogP contribution in [0.4, 0.5) is 0 Å². The number of hydrogen-bond donors (Lipinski definition) is 10. The molecule has 1 rings (SSSR count). The molecule has 1 fully saturated rings. The molecule has 0 aromatic rings. The lowest BCUT2D eigenvalue weighted by Crippen LogP contribution is -2.60. The Balaban J connectivity index is 2.83. The van der Waals surface area contributed by atoms with E-state index in [0.717, 1.165) is 0 Å². The Hall–Kier alpha value is -4.17. The number of thioether (sulfide) groups is 1. The summed E-state index contributed by atoms with van der Waals surface area (Å²) in [5, 5.41) is 32.3. The molecule has 0 aromatic carbocycles. The molecular formula is C31H56N10O9S. The molecule has 0 aliphatic carbocycles. The van der Waals surface area contributed by atoms with Gasteiger partial charge in [-0.05, 0) is 70.8 Å². The smallest absolute Gasteiger partial charge is 0.326 e. The molecule has 1 aliphatic rings. The van der Waals surface area contributed by atoms with Crippen LogP contribution in [0.3, 0.4) is 0 Å². The summed E-state index contributed by atoms with van der Waals surface area (Å²) in [6.07, 6.45) is 1.99. The Morgan fingerprint density at radius 3 is 1.98 bits per heavy atom. The van der Waals surface area contributed by atoms with E-state index in [1.807, 2.05) is 6.26 Å². The van der Waals surface area contributed by atoms with Crippen molar-refractivity contribution in [3.05, 3.63) is 0 Å². The number of aliphatic hydroxyl groups is 1. The van der Waals surface area contributed by atoms with Gasteiger partial charge in [-0.3, -0.25) is 33.8 Å². The molecule has 1 aliphatic heterocycles. The van der Waals surface area contributed by atoms with Crippen molar-refractivity contribution < 1.29 is 43.8 Å². The topological polar surface area (TPSA) is 314 Å². The van der Waals surface area contributed by atoms with Crippen molar-refractivity contribution in [2.24, 2.45) is 28.1 Å². The summed E-state index contributed by atoms with van der Waals surface area (Å²) in [6, 6.07) is -7.92. The van der Waals surface area contributed by atoms with E-state index in [-0.39, 0.29) is 38.3 Å². The summed E-state index contributed by atoms with van der Waals surface area (Å²) in [5.74, 6) is -5.36. The first-order valence-corrected chi connectivity index (χ1v) is 18.2. The number of amides is 6. The molecule has 51 heavy (non-hydrogen) atoms. The number of rotatable bonds is 21. The molecule has 290 valence electrons. The van der Waals surface area contributed by atoms with Crippen molar-refractivity contribution in [3.8, 4) is 0 Å². The van der Waals surface area contributed by atoms with E-state index in [4.69, 9.17) is 17.2 Å². The Labute approximate surface area is 302 Å². The highest BCUT2D eigenvalue weighted by Gasteiger charge is 2.40. The highest BCUT2D eigenvalue weighted by Crippen LogP contribution is 2.20. The number of carboxylic acid groups (broad SMARTS) is 1. The number of aliphatic hydroxyl groups excluding tert-OH is 1. The van der Waals surface area contributed by atoms with Gasteiger partial charge in [0.2, 0.25) is 35.4 Å². The van der Waals surface area contributed by atoms with Crippen molar-refractivity contribution in [2.75, 3.05) is 25.1 Å². The summed E-state index contributed by atoms with van der Waals surface area (Å²) >= 11 is 1.43. The number of nitrogens with two attached hydrogens (primary N) is 3. The van der Waals surface area contributed by atoms with Crippen molar-refractivity contribution >= 4 is 59.1 Å². The lowest BCUT2D eigenvalue weighted by molar-refractivity contribution is -0.144. The molecule has 0 spiro atoms. The first kappa shape index (κ1) is 44.9. The average molecular weight is 745 g/mol. The number of nitrogens with zero attached hydrogens (tertiary/aromatic N) is 2. The summed E-state index contributed by atoms with van der Waals surface area (Å²) in [7, 11) is 0. The van der Waals surface area contributed by atoms with Gasteiger partial charge in [0, 0.05) is 13.1 Å². The lowest BCUT2D eigenvalue weighted by atomic mass is 10.0. The van der Waals surface area contributed by atoms with Crippen LogP contribution in [0, 0.1) is 5.92 Å². The molecule has 0 unspecified atom stereocenters. The molecule has 1 saturated heterocycles. The highest BCUT2D eigenvalue weighted by atomic mass is 32.2. The first-order chi connectivity index (χ1) is 23.8. The molecule has 1 heterocycles. The van der Waals surface area contributed by atoms with Gasteiger partial charge in [0.05, 0.1) is 12.1 Å². The zero-order chi connectivity index (χ0) is 39.0. The number of carbonyl (C=O) groups is 7. The number of nitrogens with one attached hydrogen (secondary N) is 5. The fourth-order valence-electron chi connectivity index (χ4n) is 5.13. The molecule has 0 radical (unpaired) electrons. The maximum atomic E-state index is 13.5. The van der Waals surface area contributed by atoms with Gasteiger partial charge in [-0.1, -0.05) is 13.8 Å². The van der Waals surface area contributed by atoms with Gasteiger partial charge < -0.3 is 58.9 Å². The van der Waals surface area contributed by atoms with Crippen molar-refractivity contribution in [1.82, 2.24) is 31.5 Å². The fourth-order valence-corrected chi connectivity index (χ4v) is 5.60. The van der Waals surface area contributed by atoms with Gasteiger partial charge >= 0.3 is 5.97 Å². The van der Waals surface area contributed by atoms with Crippen LogP contribution in [0.5, 0.6) is 0 Å². The van der Waals surface area contributed by atoms with Crippen LogP contribution in [0.2, 0.25) is 0 Å². The Morgan fingerprint density at radius 1 is 0.843 bits per heavy atom. The van der Waals surface area contributed by atoms with Crippen LogP contribution in [0.15, 0.2) is 4.99 Å². The van der Waals surface area contributed by atoms with E-state index in [1.165, 1.54) is 37.4 Å². The monoisotopic (exact) mass is 744 g/mol. The summed E-state index contributed by atoms with van der Waals surface area (Å²) in [4.78, 5) is 94.9. The second-order valence-corrected chi connectivity index (χ2v) is 13.8. The third-order valence-corrected chi connectivity index (χ3v) is 8.81. The molecule has 13 N–H and O–H groups in total. The Kier molecular flexibility index (Phi) is 19.3. The zero-order valence-corrected chi connectivity index (χ0v) is 31.0. The minimum atomic E-state index is -1.39. The summed E-state index contributed by atoms with van der Waals surface area (Å²) in [6.45, 7) is 7.84. The van der Waals surface area contributed by atoms with Crippen molar-refractivity contribution in [1.29, 1.82) is 0 Å². The Morgan fingerprint density at radius 2 is 1.43 bits per heavy atom. The molecule has 0 saturated carbocycles. The van der Waals surface area contributed by atoms with Gasteiger partial charge in [-0.15, -0.1) is 0 Å². The van der Waals surface area contributed by atoms with E-state index >= 15 is 0 Å². The van der Waals surface area contributed by atoms with Crippen LogP contribution in [0.1, 0.15) is 66.7 Å². The molecule has 19 nitrogen and oxygen atoms in total. The van der Waals surface area contributed by atoms with E-state index in [0.29, 0.717) is 18.6 Å². The van der Waals surface area contributed by atoms with E-state index in [2.05, 4.69) is 31.6 Å². The van der Waals surface area contributed by atoms with Crippen LogP contribution in [-0.4, -0.2) is 136 Å². The van der Waals surface area contributed by atoms with Crippen molar-refractivity contribution in [2.45, 2.75) is 115 Å². The third kappa shape index (κ3) is 14.9. The van der Waals surface area contributed by atoms with Gasteiger partial charge in [-0.25, -0.2) is 4.79 Å². The van der Waals surface area contributed by atoms with Crippen LogP contribution < -0.4 is 43.8 Å². The number of carbonyl (C=O) groups excluding carboxylic acids is 6. The SMILES string of the molecule is CSCC[C@H](NC(=O)[C@@H](NC(=O)[C@H](C)NC(=O)[C@H](C)NC(=O)[C@@H]1CCCN1C(=O)[C@@H](NC(=O)[C@@H](N)CCCN=C(N)N)[C@@H](C)O)C(C)C)C(=O)O. The summed E-state index contributed by atoms with van der Waals surface area (Å²) < 4.78 is 0. The minimum absolute atomic E-state index is 0.0982. The number of aliphatic imine (C=N–C) groups is 1. The van der Waals surface area contributed by atoms with Gasteiger partial charge in [-0.2, -0.15) is 11.8 Å². The number of guanidine groups is 1.